The molecular formula is C22H34N4O7S. The summed E-state index contributed by atoms with van der Waals surface area (Å²) in [5, 5.41) is 35.8. The van der Waals surface area contributed by atoms with Crippen LogP contribution in [0.3, 0.4) is 0 Å². The topological polar surface area (TPSA) is 191 Å². The molecule has 8 N–H and O–H groups in total. The van der Waals surface area contributed by atoms with Gasteiger partial charge in [0.2, 0.25) is 17.7 Å². The summed E-state index contributed by atoms with van der Waals surface area (Å²) in [6, 6.07) is 1.22. The van der Waals surface area contributed by atoms with Crippen molar-refractivity contribution >= 4 is 36.3 Å². The molecule has 0 heterocycles. The van der Waals surface area contributed by atoms with Crippen molar-refractivity contribution in [2.24, 2.45) is 11.7 Å². The number of nitrogens with one attached hydrogen (secondary N) is 3. The molecule has 11 nitrogen and oxygen atoms in total. The Morgan fingerprint density at radius 2 is 1.53 bits per heavy atom. The smallest absolute Gasteiger partial charge is 0.327 e. The van der Waals surface area contributed by atoms with Crippen LogP contribution in [0.25, 0.3) is 0 Å². The summed E-state index contributed by atoms with van der Waals surface area (Å²) in [7, 11) is 0. The lowest BCUT2D eigenvalue weighted by atomic mass is 9.96. The number of aliphatic carboxylic acids is 1. The van der Waals surface area contributed by atoms with Gasteiger partial charge in [-0.25, -0.2) is 4.79 Å². The van der Waals surface area contributed by atoms with Gasteiger partial charge in [-0.05, 0) is 30.5 Å². The van der Waals surface area contributed by atoms with E-state index in [1.165, 1.54) is 19.1 Å². The van der Waals surface area contributed by atoms with Crippen LogP contribution in [-0.2, 0) is 25.6 Å². The second-order valence-electron chi connectivity index (χ2n) is 8.15. The third-order valence-corrected chi connectivity index (χ3v) is 5.79. The van der Waals surface area contributed by atoms with E-state index >= 15 is 0 Å². The summed E-state index contributed by atoms with van der Waals surface area (Å²) in [5.74, 6) is -3.89. The van der Waals surface area contributed by atoms with Gasteiger partial charge in [-0.3, -0.25) is 14.4 Å². The molecule has 6 atom stereocenters. The molecule has 0 saturated heterocycles. The third-order valence-electron chi connectivity index (χ3n) is 5.42. The number of thiol groups is 1. The van der Waals surface area contributed by atoms with Gasteiger partial charge >= 0.3 is 5.97 Å². The highest BCUT2D eigenvalue weighted by atomic mass is 32.1. The molecule has 6 unspecified atom stereocenters. The number of carboxylic acid groups (broad SMARTS) is 1. The molecule has 0 fully saturated rings. The number of hydrogen-bond acceptors (Lipinski definition) is 8. The van der Waals surface area contributed by atoms with Crippen molar-refractivity contribution in [3.8, 4) is 5.75 Å². The molecule has 190 valence electrons. The fourth-order valence-electron chi connectivity index (χ4n) is 2.97. The minimum absolute atomic E-state index is 0.00756. The maximum absolute atomic E-state index is 13.2. The number of aliphatic hydroxyl groups excluding tert-OH is 1. The molecule has 0 aliphatic carbocycles. The average molecular weight is 499 g/mol. The Balaban J connectivity index is 3.14. The Morgan fingerprint density at radius 1 is 0.971 bits per heavy atom. The lowest BCUT2D eigenvalue weighted by Gasteiger charge is -2.28. The van der Waals surface area contributed by atoms with Crippen LogP contribution in [0.2, 0.25) is 0 Å². The summed E-state index contributed by atoms with van der Waals surface area (Å²) in [6.45, 7) is 4.86. The van der Waals surface area contributed by atoms with Gasteiger partial charge in [-0.2, -0.15) is 12.6 Å². The first kappa shape index (κ1) is 29.2. The van der Waals surface area contributed by atoms with E-state index in [4.69, 9.17) is 5.73 Å². The lowest BCUT2D eigenvalue weighted by molar-refractivity contribution is -0.142. The van der Waals surface area contributed by atoms with Crippen molar-refractivity contribution in [3.63, 3.8) is 0 Å². The van der Waals surface area contributed by atoms with Crippen LogP contribution in [0.4, 0.5) is 0 Å². The summed E-state index contributed by atoms with van der Waals surface area (Å²) in [5.41, 5.74) is 6.29. The molecule has 34 heavy (non-hydrogen) atoms. The molecule has 1 aromatic carbocycles. The van der Waals surface area contributed by atoms with E-state index in [1.807, 2.05) is 6.92 Å². The molecule has 0 bridgehead atoms. The highest BCUT2D eigenvalue weighted by Gasteiger charge is 2.33. The van der Waals surface area contributed by atoms with E-state index in [0.29, 0.717) is 12.0 Å². The fraction of sp³-hybridized carbons (Fsp3) is 0.545. The number of aliphatic hydroxyl groups is 1. The molecule has 0 aliphatic rings. The monoisotopic (exact) mass is 498 g/mol. The molecule has 0 radical (unpaired) electrons. The Bertz CT molecular complexity index is 850. The minimum atomic E-state index is -1.28. The van der Waals surface area contributed by atoms with Crippen LogP contribution < -0.4 is 21.7 Å². The summed E-state index contributed by atoms with van der Waals surface area (Å²) in [4.78, 5) is 49.7. The van der Waals surface area contributed by atoms with E-state index in [9.17, 15) is 34.5 Å². The highest BCUT2D eigenvalue weighted by Crippen LogP contribution is 2.13. The Labute approximate surface area is 203 Å². The molecular weight excluding hydrogens is 464 g/mol. The number of phenols is 1. The van der Waals surface area contributed by atoms with Crippen LogP contribution in [0.5, 0.6) is 5.75 Å². The first-order valence-corrected chi connectivity index (χ1v) is 11.5. The summed E-state index contributed by atoms with van der Waals surface area (Å²) in [6.07, 6.45) is -0.655. The van der Waals surface area contributed by atoms with Crippen LogP contribution >= 0.6 is 12.6 Å². The average Bonchev–Trinajstić information content (AvgIpc) is 2.79. The quantitative estimate of drug-likeness (QED) is 0.161. The second kappa shape index (κ2) is 13.8. The first-order valence-electron chi connectivity index (χ1n) is 10.9. The number of rotatable bonds is 13. The second-order valence-corrected chi connectivity index (χ2v) is 8.52. The molecule has 12 heteroatoms. The largest absolute Gasteiger partial charge is 0.508 e. The third kappa shape index (κ3) is 8.84. The lowest BCUT2D eigenvalue weighted by Crippen LogP contribution is -2.60. The van der Waals surface area contributed by atoms with Gasteiger partial charge in [0.15, 0.2) is 0 Å². The SMILES string of the molecule is CCC(C)C(NC(=O)C(Cc1ccc(O)cc1)NC(=O)C(N)C(C)O)C(=O)NC(CS)C(=O)O. The predicted octanol–water partition coefficient (Wildman–Crippen LogP) is -0.842. The summed E-state index contributed by atoms with van der Waals surface area (Å²) < 4.78 is 0. The first-order chi connectivity index (χ1) is 15.9. The standard InChI is InChI=1S/C22H34N4O7S/c1-4-11(2)18(21(31)25-16(10-34)22(32)33)26-19(29)15(24-20(30)17(23)12(3)27)9-13-5-7-14(28)8-6-13/h5-8,11-12,15-18,27-28,34H,4,9-10,23H2,1-3H3,(H,24,30)(H,25,31)(H,26,29)(H,32,33). The van der Waals surface area contributed by atoms with Crippen molar-refractivity contribution in [1.82, 2.24) is 16.0 Å². The molecule has 1 aromatic rings. The molecule has 0 saturated carbocycles. The van der Waals surface area contributed by atoms with Crippen LogP contribution in [0.15, 0.2) is 24.3 Å². The molecule has 0 aromatic heterocycles. The number of phenolic OH excluding ortho intramolecular Hbond substituents is 1. The van der Waals surface area contributed by atoms with Gasteiger partial charge in [-0.15, -0.1) is 0 Å². The molecule has 1 rings (SSSR count). The number of aromatic hydroxyl groups is 1. The van der Waals surface area contributed by atoms with Gasteiger partial charge in [0.1, 0.15) is 29.9 Å². The number of benzene rings is 1. The Morgan fingerprint density at radius 3 is 2.00 bits per heavy atom. The predicted molar refractivity (Wildman–Crippen MR) is 128 cm³/mol. The van der Waals surface area contributed by atoms with Crippen molar-refractivity contribution in [2.45, 2.75) is 63.9 Å². The van der Waals surface area contributed by atoms with Crippen LogP contribution in [-0.4, -0.2) is 75.0 Å². The number of carboxylic acids is 1. The zero-order valence-corrected chi connectivity index (χ0v) is 20.3. The summed E-state index contributed by atoms with van der Waals surface area (Å²) >= 11 is 3.93. The van der Waals surface area contributed by atoms with Gasteiger partial charge in [0, 0.05) is 12.2 Å². The zero-order chi connectivity index (χ0) is 26.0. The minimum Gasteiger partial charge on any atom is -0.508 e. The van der Waals surface area contributed by atoms with E-state index in [-0.39, 0.29) is 23.8 Å². The Kier molecular flexibility index (Phi) is 11.8. The maximum Gasteiger partial charge on any atom is 0.327 e. The number of nitrogens with two attached hydrogens (primary N) is 1. The normalized spacial score (nSPS) is 16.3. The van der Waals surface area contributed by atoms with E-state index in [0.717, 1.165) is 0 Å². The molecule has 3 amide bonds. The van der Waals surface area contributed by atoms with Gasteiger partial charge < -0.3 is 37.0 Å². The zero-order valence-electron chi connectivity index (χ0n) is 19.4. The fourth-order valence-corrected chi connectivity index (χ4v) is 3.21. The number of amides is 3. The van der Waals surface area contributed by atoms with Crippen LogP contribution in [0, 0.1) is 5.92 Å². The van der Waals surface area contributed by atoms with Crippen molar-refractivity contribution < 1.29 is 34.5 Å². The number of carbonyl (C=O) groups is 4. The van der Waals surface area contributed by atoms with E-state index in [2.05, 4.69) is 28.6 Å². The van der Waals surface area contributed by atoms with Crippen LogP contribution in [0.1, 0.15) is 32.8 Å². The molecule has 0 aliphatic heterocycles. The van der Waals surface area contributed by atoms with E-state index in [1.54, 1.807) is 19.1 Å². The van der Waals surface area contributed by atoms with Gasteiger partial charge in [-0.1, -0.05) is 32.4 Å². The highest BCUT2D eigenvalue weighted by molar-refractivity contribution is 7.80. The van der Waals surface area contributed by atoms with Crippen molar-refractivity contribution in [1.29, 1.82) is 0 Å². The van der Waals surface area contributed by atoms with Gasteiger partial charge in [0.05, 0.1) is 6.10 Å². The molecule has 0 spiro atoms. The number of hydrogen-bond donors (Lipinski definition) is 8. The van der Waals surface area contributed by atoms with Gasteiger partial charge in [0.25, 0.3) is 0 Å². The van der Waals surface area contributed by atoms with Crippen molar-refractivity contribution in [2.75, 3.05) is 5.75 Å². The Hall–Kier alpha value is -2.83. The maximum atomic E-state index is 13.2. The van der Waals surface area contributed by atoms with E-state index < -0.39 is 54.0 Å². The number of carbonyl (C=O) groups excluding carboxylic acids is 3. The van der Waals surface area contributed by atoms with Crippen molar-refractivity contribution in [3.05, 3.63) is 29.8 Å².